The first-order chi connectivity index (χ1) is 14.1. The molecule has 29 heavy (non-hydrogen) atoms. The van der Waals surface area contributed by atoms with Crippen molar-refractivity contribution in [3.8, 4) is 11.5 Å². The first-order valence-electron chi connectivity index (χ1n) is 9.72. The van der Waals surface area contributed by atoms with E-state index in [-0.39, 0.29) is 17.7 Å². The Morgan fingerprint density at radius 3 is 2.48 bits per heavy atom. The SMILES string of the molecule is CCOc1ccc(N2CC(CNC(=O)/C=C\c3ccc(OC)cc3)CC2=O)cc1. The highest BCUT2D eigenvalue weighted by Crippen LogP contribution is 2.26. The van der Waals surface area contributed by atoms with Gasteiger partial charge in [0.1, 0.15) is 11.5 Å². The third-order valence-electron chi connectivity index (χ3n) is 4.77. The first kappa shape index (κ1) is 20.5. The van der Waals surface area contributed by atoms with Crippen molar-refractivity contribution in [1.29, 1.82) is 0 Å². The van der Waals surface area contributed by atoms with Gasteiger partial charge in [-0.1, -0.05) is 12.1 Å². The zero-order chi connectivity index (χ0) is 20.6. The summed E-state index contributed by atoms with van der Waals surface area (Å²) >= 11 is 0. The zero-order valence-corrected chi connectivity index (χ0v) is 16.8. The number of hydrogen-bond donors (Lipinski definition) is 1. The molecule has 0 aliphatic carbocycles. The Morgan fingerprint density at radius 1 is 1.14 bits per heavy atom. The summed E-state index contributed by atoms with van der Waals surface area (Å²) in [4.78, 5) is 26.2. The Bertz CT molecular complexity index is 859. The van der Waals surface area contributed by atoms with Crippen LogP contribution in [0.3, 0.4) is 0 Å². The van der Waals surface area contributed by atoms with Crippen LogP contribution in [-0.2, 0) is 9.59 Å². The molecular formula is C23H26N2O4. The van der Waals surface area contributed by atoms with Crippen LogP contribution in [0.2, 0.25) is 0 Å². The summed E-state index contributed by atoms with van der Waals surface area (Å²) in [5, 5.41) is 2.89. The maximum atomic E-state index is 12.4. The monoisotopic (exact) mass is 394 g/mol. The molecule has 0 radical (unpaired) electrons. The van der Waals surface area contributed by atoms with Gasteiger partial charge in [-0.15, -0.1) is 0 Å². The summed E-state index contributed by atoms with van der Waals surface area (Å²) < 4.78 is 10.6. The molecule has 2 aromatic carbocycles. The molecule has 1 heterocycles. The first-order valence-corrected chi connectivity index (χ1v) is 9.72. The van der Waals surface area contributed by atoms with Crippen molar-refractivity contribution < 1.29 is 19.1 Å². The average Bonchev–Trinajstić information content (AvgIpc) is 3.12. The zero-order valence-electron chi connectivity index (χ0n) is 16.8. The van der Waals surface area contributed by atoms with Gasteiger partial charge in [-0.2, -0.15) is 0 Å². The molecule has 0 bridgehead atoms. The minimum atomic E-state index is -0.173. The Hall–Kier alpha value is -3.28. The molecule has 1 atom stereocenters. The van der Waals surface area contributed by atoms with Crippen LogP contribution in [0.25, 0.3) is 6.08 Å². The third kappa shape index (κ3) is 5.60. The van der Waals surface area contributed by atoms with Crippen LogP contribution in [0.15, 0.2) is 54.6 Å². The van der Waals surface area contributed by atoms with Crippen LogP contribution in [-0.4, -0.2) is 38.6 Å². The lowest BCUT2D eigenvalue weighted by molar-refractivity contribution is -0.118. The number of amides is 2. The van der Waals surface area contributed by atoms with Crippen molar-refractivity contribution in [2.45, 2.75) is 13.3 Å². The van der Waals surface area contributed by atoms with Crippen LogP contribution in [0.4, 0.5) is 5.69 Å². The summed E-state index contributed by atoms with van der Waals surface area (Å²) in [6.45, 7) is 3.60. The second kappa shape index (κ2) is 9.78. The molecule has 2 amide bonds. The summed E-state index contributed by atoms with van der Waals surface area (Å²) in [6, 6.07) is 15.0. The van der Waals surface area contributed by atoms with Crippen LogP contribution in [0.5, 0.6) is 11.5 Å². The van der Waals surface area contributed by atoms with E-state index in [9.17, 15) is 9.59 Å². The van der Waals surface area contributed by atoms with E-state index in [4.69, 9.17) is 9.47 Å². The normalized spacial score (nSPS) is 16.3. The summed E-state index contributed by atoms with van der Waals surface area (Å²) in [5.74, 6) is 1.55. The molecule has 0 saturated carbocycles. The number of carbonyl (C=O) groups is 2. The predicted octanol–water partition coefficient (Wildman–Crippen LogP) is 3.28. The highest BCUT2D eigenvalue weighted by molar-refractivity contribution is 5.96. The van der Waals surface area contributed by atoms with Gasteiger partial charge in [0.05, 0.1) is 13.7 Å². The number of carbonyl (C=O) groups excluding carboxylic acids is 2. The fourth-order valence-corrected chi connectivity index (χ4v) is 3.25. The molecule has 1 saturated heterocycles. The van der Waals surface area contributed by atoms with Crippen molar-refractivity contribution in [1.82, 2.24) is 5.32 Å². The number of benzene rings is 2. The van der Waals surface area contributed by atoms with Gasteiger partial charge in [0.25, 0.3) is 0 Å². The second-order valence-electron chi connectivity index (χ2n) is 6.85. The smallest absolute Gasteiger partial charge is 0.244 e. The molecule has 3 rings (SSSR count). The van der Waals surface area contributed by atoms with Crippen LogP contribution in [0.1, 0.15) is 18.9 Å². The number of anilines is 1. The number of methoxy groups -OCH3 is 1. The minimum absolute atomic E-state index is 0.0715. The highest BCUT2D eigenvalue weighted by Gasteiger charge is 2.30. The predicted molar refractivity (Wildman–Crippen MR) is 113 cm³/mol. The van der Waals surface area contributed by atoms with Crippen LogP contribution < -0.4 is 19.7 Å². The fraction of sp³-hybridized carbons (Fsp3) is 0.304. The van der Waals surface area contributed by atoms with Gasteiger partial charge in [0.2, 0.25) is 11.8 Å². The number of nitrogens with one attached hydrogen (secondary N) is 1. The fourth-order valence-electron chi connectivity index (χ4n) is 3.25. The molecular weight excluding hydrogens is 368 g/mol. The van der Waals surface area contributed by atoms with Gasteiger partial charge in [-0.05, 0) is 55.0 Å². The molecule has 1 unspecified atom stereocenters. The van der Waals surface area contributed by atoms with Gasteiger partial charge in [-0.3, -0.25) is 9.59 Å². The molecule has 6 heteroatoms. The Balaban J connectivity index is 1.49. The lowest BCUT2D eigenvalue weighted by Crippen LogP contribution is -2.30. The third-order valence-corrected chi connectivity index (χ3v) is 4.77. The van der Waals surface area contributed by atoms with Gasteiger partial charge in [-0.25, -0.2) is 0 Å². The Kier molecular flexibility index (Phi) is 6.89. The molecule has 2 aromatic rings. The quantitative estimate of drug-likeness (QED) is 0.698. The average molecular weight is 394 g/mol. The maximum Gasteiger partial charge on any atom is 0.244 e. The number of rotatable bonds is 8. The van der Waals surface area contributed by atoms with E-state index < -0.39 is 0 Å². The summed E-state index contributed by atoms with van der Waals surface area (Å²) in [5.41, 5.74) is 1.77. The molecule has 1 N–H and O–H groups in total. The molecule has 6 nitrogen and oxygen atoms in total. The topological polar surface area (TPSA) is 67.9 Å². The van der Waals surface area contributed by atoms with Crippen LogP contribution >= 0.6 is 0 Å². The van der Waals surface area contributed by atoms with Crippen molar-refractivity contribution >= 4 is 23.6 Å². The molecule has 0 spiro atoms. The van der Waals surface area contributed by atoms with Crippen molar-refractivity contribution in [2.75, 3.05) is 31.7 Å². The molecule has 152 valence electrons. The van der Waals surface area contributed by atoms with Crippen molar-refractivity contribution in [2.24, 2.45) is 5.92 Å². The molecule has 0 aromatic heterocycles. The van der Waals surface area contributed by atoms with Gasteiger partial charge in [0.15, 0.2) is 0 Å². The van der Waals surface area contributed by atoms with E-state index >= 15 is 0 Å². The minimum Gasteiger partial charge on any atom is -0.497 e. The maximum absolute atomic E-state index is 12.4. The van der Waals surface area contributed by atoms with Gasteiger partial charge < -0.3 is 19.7 Å². The lowest BCUT2D eigenvalue weighted by Gasteiger charge is -2.17. The van der Waals surface area contributed by atoms with E-state index in [0.29, 0.717) is 26.1 Å². The second-order valence-corrected chi connectivity index (χ2v) is 6.85. The Labute approximate surface area is 171 Å². The van der Waals surface area contributed by atoms with E-state index in [2.05, 4.69) is 5.32 Å². The van der Waals surface area contributed by atoms with Crippen molar-refractivity contribution in [3.63, 3.8) is 0 Å². The van der Waals surface area contributed by atoms with E-state index in [1.54, 1.807) is 18.1 Å². The van der Waals surface area contributed by atoms with Gasteiger partial charge in [0, 0.05) is 37.2 Å². The summed E-state index contributed by atoms with van der Waals surface area (Å²) in [6.07, 6.45) is 3.68. The van der Waals surface area contributed by atoms with Gasteiger partial charge >= 0.3 is 0 Å². The molecule has 1 aliphatic rings. The van der Waals surface area contributed by atoms with E-state index in [1.807, 2.05) is 55.5 Å². The number of nitrogens with zero attached hydrogens (tertiary/aromatic N) is 1. The number of ether oxygens (including phenoxy) is 2. The lowest BCUT2D eigenvalue weighted by atomic mass is 10.1. The van der Waals surface area contributed by atoms with Crippen LogP contribution in [0, 0.1) is 5.92 Å². The highest BCUT2D eigenvalue weighted by atomic mass is 16.5. The number of hydrogen-bond acceptors (Lipinski definition) is 4. The standard InChI is InChI=1S/C23H26N2O4/c1-3-29-21-11-7-19(8-12-21)25-16-18(14-23(25)27)15-24-22(26)13-6-17-4-9-20(28-2)10-5-17/h4-13,18H,3,14-16H2,1-2H3,(H,24,26)/b13-6-. The van der Waals surface area contributed by atoms with E-state index in [1.165, 1.54) is 6.08 Å². The van der Waals surface area contributed by atoms with E-state index in [0.717, 1.165) is 22.7 Å². The van der Waals surface area contributed by atoms with Crippen molar-refractivity contribution in [3.05, 3.63) is 60.2 Å². The molecule has 1 fully saturated rings. The largest absolute Gasteiger partial charge is 0.497 e. The summed E-state index contributed by atoms with van der Waals surface area (Å²) in [7, 11) is 1.61. The molecule has 1 aliphatic heterocycles. The Morgan fingerprint density at radius 2 is 1.83 bits per heavy atom.